The molecule has 0 bridgehead atoms. The molecule has 3 heteroatoms. The molecule has 1 heterocycles. The molecule has 0 aliphatic carbocycles. The fraction of sp³-hybridized carbons (Fsp3) is 0.765. The third-order valence-corrected chi connectivity index (χ3v) is 5.71. The van der Waals surface area contributed by atoms with E-state index in [9.17, 15) is 0 Å². The molecule has 0 fully saturated rings. The van der Waals surface area contributed by atoms with Crippen LogP contribution >= 0.6 is 27.3 Å². The van der Waals surface area contributed by atoms with E-state index < -0.39 is 0 Å². The van der Waals surface area contributed by atoms with Crippen LogP contribution in [-0.4, -0.2) is 6.54 Å². The normalized spacial score (nSPS) is 15.3. The van der Waals surface area contributed by atoms with E-state index in [2.05, 4.69) is 68.9 Å². The van der Waals surface area contributed by atoms with Gasteiger partial charge < -0.3 is 5.32 Å². The second-order valence-corrected chi connectivity index (χ2v) is 9.62. The van der Waals surface area contributed by atoms with Crippen LogP contribution in [0.1, 0.15) is 70.4 Å². The minimum absolute atomic E-state index is 0.417. The van der Waals surface area contributed by atoms with Gasteiger partial charge in [-0.25, -0.2) is 0 Å². The van der Waals surface area contributed by atoms with Crippen LogP contribution in [0.4, 0.5) is 0 Å². The first kappa shape index (κ1) is 18.2. The fourth-order valence-electron chi connectivity index (χ4n) is 2.81. The molecule has 20 heavy (non-hydrogen) atoms. The fourth-order valence-corrected chi connectivity index (χ4v) is 4.46. The van der Waals surface area contributed by atoms with E-state index in [0.717, 1.165) is 12.5 Å². The Bertz CT molecular complexity index is 386. The average molecular weight is 360 g/mol. The standard InChI is InChI=1S/C17H30BrNS/c1-7-8-19-14(9-12(2)11-17(4,5)6)15-10-13(3)16(18)20-15/h10,12,14,19H,7-9,11H2,1-6H3. The maximum atomic E-state index is 3.73. The summed E-state index contributed by atoms with van der Waals surface area (Å²) < 4.78 is 1.28. The van der Waals surface area contributed by atoms with E-state index in [0.29, 0.717) is 11.5 Å². The Balaban J connectivity index is 2.74. The van der Waals surface area contributed by atoms with Gasteiger partial charge in [-0.05, 0) is 71.6 Å². The summed E-state index contributed by atoms with van der Waals surface area (Å²) in [5, 5.41) is 3.73. The highest BCUT2D eigenvalue weighted by Crippen LogP contribution is 2.36. The summed E-state index contributed by atoms with van der Waals surface area (Å²) in [4.78, 5) is 1.48. The van der Waals surface area contributed by atoms with Gasteiger partial charge in [0.2, 0.25) is 0 Å². The van der Waals surface area contributed by atoms with Crippen molar-refractivity contribution in [2.24, 2.45) is 11.3 Å². The molecule has 1 aromatic rings. The summed E-state index contributed by atoms with van der Waals surface area (Å²) in [7, 11) is 0. The smallest absolute Gasteiger partial charge is 0.0731 e. The molecule has 0 aromatic carbocycles. The molecule has 0 saturated carbocycles. The van der Waals surface area contributed by atoms with Crippen molar-refractivity contribution in [3.8, 4) is 0 Å². The van der Waals surface area contributed by atoms with Crippen LogP contribution in [0.5, 0.6) is 0 Å². The molecule has 1 aromatic heterocycles. The van der Waals surface area contributed by atoms with E-state index in [-0.39, 0.29) is 0 Å². The summed E-state index contributed by atoms with van der Waals surface area (Å²) in [6.07, 6.45) is 3.70. The number of halogens is 1. The molecule has 0 aliphatic rings. The van der Waals surface area contributed by atoms with E-state index in [1.54, 1.807) is 0 Å². The average Bonchev–Trinajstić information content (AvgIpc) is 2.62. The molecule has 0 spiro atoms. The van der Waals surface area contributed by atoms with Crippen LogP contribution in [0.25, 0.3) is 0 Å². The lowest BCUT2D eigenvalue weighted by Crippen LogP contribution is -2.24. The van der Waals surface area contributed by atoms with Crippen LogP contribution in [0.2, 0.25) is 0 Å². The number of rotatable bonds is 7. The maximum absolute atomic E-state index is 3.73. The first-order valence-electron chi connectivity index (χ1n) is 7.72. The van der Waals surface area contributed by atoms with Crippen LogP contribution in [0.15, 0.2) is 9.85 Å². The molecule has 0 saturated heterocycles. The van der Waals surface area contributed by atoms with Gasteiger partial charge in [0, 0.05) is 10.9 Å². The highest BCUT2D eigenvalue weighted by atomic mass is 79.9. The SMILES string of the molecule is CCCNC(CC(C)CC(C)(C)C)c1cc(C)c(Br)s1. The monoisotopic (exact) mass is 359 g/mol. The van der Waals surface area contributed by atoms with Crippen LogP contribution < -0.4 is 5.32 Å². The Morgan fingerprint density at radius 2 is 2.00 bits per heavy atom. The predicted molar refractivity (Wildman–Crippen MR) is 95.6 cm³/mol. The summed E-state index contributed by atoms with van der Waals surface area (Å²) in [5.41, 5.74) is 1.78. The molecule has 2 atom stereocenters. The van der Waals surface area contributed by atoms with Crippen LogP contribution in [0.3, 0.4) is 0 Å². The topological polar surface area (TPSA) is 12.0 Å². The molecule has 0 amide bonds. The van der Waals surface area contributed by atoms with Crippen molar-refractivity contribution in [3.05, 3.63) is 20.3 Å². The van der Waals surface area contributed by atoms with E-state index in [4.69, 9.17) is 0 Å². The van der Waals surface area contributed by atoms with E-state index in [1.165, 1.54) is 33.5 Å². The Morgan fingerprint density at radius 1 is 1.35 bits per heavy atom. The maximum Gasteiger partial charge on any atom is 0.0731 e. The van der Waals surface area contributed by atoms with Gasteiger partial charge in [0.05, 0.1) is 3.79 Å². The van der Waals surface area contributed by atoms with E-state index >= 15 is 0 Å². The third-order valence-electron chi connectivity index (χ3n) is 3.46. The molecule has 0 aliphatic heterocycles. The lowest BCUT2D eigenvalue weighted by molar-refractivity contribution is 0.276. The lowest BCUT2D eigenvalue weighted by Gasteiger charge is -2.27. The highest BCUT2D eigenvalue weighted by Gasteiger charge is 2.21. The summed E-state index contributed by atoms with van der Waals surface area (Å²) in [6, 6.07) is 2.84. The minimum atomic E-state index is 0.417. The van der Waals surface area contributed by atoms with Crippen molar-refractivity contribution in [2.45, 2.75) is 66.8 Å². The van der Waals surface area contributed by atoms with Crippen molar-refractivity contribution >= 4 is 27.3 Å². The number of nitrogens with one attached hydrogen (secondary N) is 1. The van der Waals surface area contributed by atoms with Gasteiger partial charge in [-0.2, -0.15) is 0 Å². The van der Waals surface area contributed by atoms with Crippen molar-refractivity contribution in [2.75, 3.05) is 6.54 Å². The quantitative estimate of drug-likeness (QED) is 0.600. The van der Waals surface area contributed by atoms with Crippen molar-refractivity contribution < 1.29 is 0 Å². The van der Waals surface area contributed by atoms with Gasteiger partial charge in [0.15, 0.2) is 0 Å². The first-order valence-corrected chi connectivity index (χ1v) is 9.33. The summed E-state index contributed by atoms with van der Waals surface area (Å²) >= 11 is 5.55. The van der Waals surface area contributed by atoms with Crippen molar-refractivity contribution in [1.82, 2.24) is 5.32 Å². The second-order valence-electron chi connectivity index (χ2n) is 7.22. The molecule has 1 N–H and O–H groups in total. The molecule has 1 rings (SSSR count). The zero-order chi connectivity index (χ0) is 15.3. The van der Waals surface area contributed by atoms with Crippen LogP contribution in [0, 0.1) is 18.3 Å². The molecular formula is C17H30BrNS. The zero-order valence-electron chi connectivity index (χ0n) is 13.8. The Morgan fingerprint density at radius 3 is 2.45 bits per heavy atom. The number of thiophene rings is 1. The third kappa shape index (κ3) is 6.28. The van der Waals surface area contributed by atoms with Gasteiger partial charge in [0.1, 0.15) is 0 Å². The number of hydrogen-bond acceptors (Lipinski definition) is 2. The van der Waals surface area contributed by atoms with Gasteiger partial charge in [-0.15, -0.1) is 11.3 Å². The largest absolute Gasteiger partial charge is 0.309 e. The molecule has 1 nitrogen and oxygen atoms in total. The van der Waals surface area contributed by atoms with Gasteiger partial charge >= 0.3 is 0 Å². The molecule has 0 radical (unpaired) electrons. The van der Waals surface area contributed by atoms with Crippen molar-refractivity contribution in [3.63, 3.8) is 0 Å². The molecular weight excluding hydrogens is 330 g/mol. The van der Waals surface area contributed by atoms with Crippen molar-refractivity contribution in [1.29, 1.82) is 0 Å². The summed E-state index contributed by atoms with van der Waals surface area (Å²) in [5.74, 6) is 0.741. The zero-order valence-corrected chi connectivity index (χ0v) is 16.2. The second kappa shape index (κ2) is 7.95. The summed E-state index contributed by atoms with van der Waals surface area (Å²) in [6.45, 7) is 14.9. The predicted octanol–water partition coefficient (Wildman–Crippen LogP) is 6.32. The molecule has 116 valence electrons. The highest BCUT2D eigenvalue weighted by molar-refractivity contribution is 9.11. The number of aryl methyl sites for hydroxylation is 1. The Labute approximate surface area is 137 Å². The Hall–Kier alpha value is 0.140. The number of hydrogen-bond donors (Lipinski definition) is 1. The Kier molecular flexibility index (Phi) is 7.23. The molecule has 2 unspecified atom stereocenters. The van der Waals surface area contributed by atoms with Gasteiger partial charge in [0.25, 0.3) is 0 Å². The van der Waals surface area contributed by atoms with Crippen LogP contribution in [-0.2, 0) is 0 Å². The van der Waals surface area contributed by atoms with Gasteiger partial charge in [-0.1, -0.05) is 34.6 Å². The lowest BCUT2D eigenvalue weighted by atomic mass is 9.82. The minimum Gasteiger partial charge on any atom is -0.309 e. The first-order chi connectivity index (χ1) is 9.23. The van der Waals surface area contributed by atoms with E-state index in [1.807, 2.05) is 11.3 Å². The van der Waals surface area contributed by atoms with Gasteiger partial charge in [-0.3, -0.25) is 0 Å².